The van der Waals surface area contributed by atoms with Gasteiger partial charge in [-0.25, -0.2) is 0 Å². The van der Waals surface area contributed by atoms with Crippen LogP contribution in [0.5, 0.6) is 0 Å². The quantitative estimate of drug-likeness (QED) is 0.679. The smallest absolute Gasteiger partial charge is 0.267 e. The maximum Gasteiger partial charge on any atom is 0.267 e. The second kappa shape index (κ2) is 6.24. The Morgan fingerprint density at radius 1 is 1.40 bits per heavy atom. The van der Waals surface area contributed by atoms with Gasteiger partial charge in [-0.1, -0.05) is 6.92 Å². The van der Waals surface area contributed by atoms with Crippen LogP contribution < -0.4 is 10.6 Å². The van der Waals surface area contributed by atoms with Crippen molar-refractivity contribution in [2.24, 2.45) is 7.05 Å². The molecule has 4 heteroatoms. The van der Waals surface area contributed by atoms with Gasteiger partial charge in [0.05, 0.1) is 0 Å². The average Bonchev–Trinajstić information content (AvgIpc) is 2.64. The summed E-state index contributed by atoms with van der Waals surface area (Å²) >= 11 is 0. The number of aryl methyl sites for hydroxylation is 1. The van der Waals surface area contributed by atoms with Crippen molar-refractivity contribution in [3.63, 3.8) is 0 Å². The summed E-state index contributed by atoms with van der Waals surface area (Å²) in [4.78, 5) is 11.6. The minimum atomic E-state index is -0.0131. The number of nitrogens with zero attached hydrogens (tertiary/aromatic N) is 1. The van der Waals surface area contributed by atoms with Crippen LogP contribution in [0.4, 0.5) is 0 Å². The lowest BCUT2D eigenvalue weighted by atomic mass is 10.4. The first-order chi connectivity index (χ1) is 7.25. The molecule has 0 bridgehead atoms. The van der Waals surface area contributed by atoms with Gasteiger partial charge in [0.1, 0.15) is 5.69 Å². The normalized spacial score (nSPS) is 10.3. The van der Waals surface area contributed by atoms with Crippen LogP contribution in [0.2, 0.25) is 0 Å². The molecular formula is C11H19N3O. The number of rotatable bonds is 6. The number of carbonyl (C=O) groups excluding carboxylic acids is 1. The van der Waals surface area contributed by atoms with Crippen molar-refractivity contribution in [1.29, 1.82) is 0 Å². The average molecular weight is 209 g/mol. The van der Waals surface area contributed by atoms with Gasteiger partial charge < -0.3 is 15.2 Å². The van der Waals surface area contributed by atoms with Crippen molar-refractivity contribution in [2.75, 3.05) is 19.6 Å². The molecule has 0 radical (unpaired) electrons. The molecule has 1 aromatic rings. The highest BCUT2D eigenvalue weighted by Crippen LogP contribution is 1.98. The molecule has 0 aliphatic carbocycles. The van der Waals surface area contributed by atoms with Crippen LogP contribution >= 0.6 is 0 Å². The van der Waals surface area contributed by atoms with Gasteiger partial charge in [0.15, 0.2) is 0 Å². The second-order valence-electron chi connectivity index (χ2n) is 3.51. The summed E-state index contributed by atoms with van der Waals surface area (Å²) in [5.74, 6) is -0.0131. The summed E-state index contributed by atoms with van der Waals surface area (Å²) in [6.07, 6.45) is 2.98. The van der Waals surface area contributed by atoms with Crippen LogP contribution in [0.1, 0.15) is 23.8 Å². The number of carbonyl (C=O) groups is 1. The molecule has 0 aromatic carbocycles. The second-order valence-corrected chi connectivity index (χ2v) is 3.51. The molecule has 0 spiro atoms. The van der Waals surface area contributed by atoms with E-state index < -0.39 is 0 Å². The number of aromatic nitrogens is 1. The fourth-order valence-corrected chi connectivity index (χ4v) is 1.35. The van der Waals surface area contributed by atoms with Gasteiger partial charge >= 0.3 is 0 Å². The summed E-state index contributed by atoms with van der Waals surface area (Å²) in [6.45, 7) is 4.61. The van der Waals surface area contributed by atoms with E-state index in [1.54, 1.807) is 0 Å². The Hall–Kier alpha value is -1.29. The molecule has 1 amide bonds. The molecule has 0 atom stereocenters. The lowest BCUT2D eigenvalue weighted by Crippen LogP contribution is -2.32. The SMILES string of the molecule is CCCNCCNC(=O)c1cccn1C. The zero-order chi connectivity index (χ0) is 11.1. The molecule has 0 aliphatic heterocycles. The van der Waals surface area contributed by atoms with Gasteiger partial charge in [-0.3, -0.25) is 4.79 Å². The fraction of sp³-hybridized carbons (Fsp3) is 0.545. The number of amides is 1. The standard InChI is InChI=1S/C11H19N3O/c1-3-6-12-7-8-13-11(15)10-5-4-9-14(10)2/h4-5,9,12H,3,6-8H2,1-2H3,(H,13,15). The summed E-state index contributed by atoms with van der Waals surface area (Å²) in [6, 6.07) is 3.68. The summed E-state index contributed by atoms with van der Waals surface area (Å²) in [5, 5.41) is 6.09. The predicted molar refractivity (Wildman–Crippen MR) is 60.9 cm³/mol. The van der Waals surface area contributed by atoms with Crippen molar-refractivity contribution >= 4 is 5.91 Å². The van der Waals surface area contributed by atoms with Gasteiger partial charge in [0, 0.05) is 26.3 Å². The van der Waals surface area contributed by atoms with E-state index in [-0.39, 0.29) is 5.91 Å². The molecular weight excluding hydrogens is 190 g/mol. The summed E-state index contributed by atoms with van der Waals surface area (Å²) in [7, 11) is 1.87. The first kappa shape index (κ1) is 11.8. The van der Waals surface area contributed by atoms with Crippen LogP contribution in [0.25, 0.3) is 0 Å². The third-order valence-electron chi connectivity index (χ3n) is 2.19. The third kappa shape index (κ3) is 3.75. The van der Waals surface area contributed by atoms with E-state index in [1.165, 1.54) is 0 Å². The first-order valence-electron chi connectivity index (χ1n) is 5.36. The Balaban J connectivity index is 2.22. The van der Waals surface area contributed by atoms with Crippen molar-refractivity contribution in [2.45, 2.75) is 13.3 Å². The molecule has 0 saturated carbocycles. The number of nitrogens with one attached hydrogen (secondary N) is 2. The van der Waals surface area contributed by atoms with Crippen LogP contribution in [-0.2, 0) is 7.05 Å². The molecule has 2 N–H and O–H groups in total. The number of hydrogen-bond donors (Lipinski definition) is 2. The van der Waals surface area contributed by atoms with Gasteiger partial charge in [0.2, 0.25) is 0 Å². The predicted octanol–water partition coefficient (Wildman–Crippen LogP) is 0.754. The molecule has 0 unspecified atom stereocenters. The van der Waals surface area contributed by atoms with E-state index in [1.807, 2.05) is 29.9 Å². The molecule has 0 fully saturated rings. The Labute approximate surface area is 90.7 Å². The molecule has 1 aromatic heterocycles. The maximum atomic E-state index is 11.6. The van der Waals surface area contributed by atoms with Crippen molar-refractivity contribution in [3.05, 3.63) is 24.0 Å². The van der Waals surface area contributed by atoms with Gasteiger partial charge in [-0.15, -0.1) is 0 Å². The highest BCUT2D eigenvalue weighted by Gasteiger charge is 2.06. The van der Waals surface area contributed by atoms with E-state index in [9.17, 15) is 4.79 Å². The van der Waals surface area contributed by atoms with Gasteiger partial charge in [-0.05, 0) is 25.1 Å². The third-order valence-corrected chi connectivity index (χ3v) is 2.19. The van der Waals surface area contributed by atoms with Gasteiger partial charge in [-0.2, -0.15) is 0 Å². The van der Waals surface area contributed by atoms with E-state index >= 15 is 0 Å². The molecule has 15 heavy (non-hydrogen) atoms. The lowest BCUT2D eigenvalue weighted by molar-refractivity contribution is 0.0946. The largest absolute Gasteiger partial charge is 0.349 e. The topological polar surface area (TPSA) is 46.1 Å². The van der Waals surface area contributed by atoms with Crippen LogP contribution in [-0.4, -0.2) is 30.1 Å². The maximum absolute atomic E-state index is 11.6. The Kier molecular flexibility index (Phi) is 4.90. The van der Waals surface area contributed by atoms with Crippen LogP contribution in [0, 0.1) is 0 Å². The van der Waals surface area contributed by atoms with E-state index in [2.05, 4.69) is 17.6 Å². The van der Waals surface area contributed by atoms with Crippen molar-refractivity contribution in [3.8, 4) is 0 Å². The molecule has 4 nitrogen and oxygen atoms in total. The fourth-order valence-electron chi connectivity index (χ4n) is 1.35. The van der Waals surface area contributed by atoms with E-state index in [4.69, 9.17) is 0 Å². The summed E-state index contributed by atoms with van der Waals surface area (Å²) in [5.41, 5.74) is 0.700. The van der Waals surface area contributed by atoms with Gasteiger partial charge in [0.25, 0.3) is 5.91 Å². The highest BCUT2D eigenvalue weighted by molar-refractivity contribution is 5.92. The Morgan fingerprint density at radius 3 is 2.80 bits per heavy atom. The molecule has 84 valence electrons. The monoisotopic (exact) mass is 209 g/mol. The Bertz CT molecular complexity index is 307. The van der Waals surface area contributed by atoms with Crippen LogP contribution in [0.3, 0.4) is 0 Å². The zero-order valence-electron chi connectivity index (χ0n) is 9.42. The molecule has 0 saturated heterocycles. The highest BCUT2D eigenvalue weighted by atomic mass is 16.1. The lowest BCUT2D eigenvalue weighted by Gasteiger charge is -2.06. The molecule has 1 rings (SSSR count). The number of hydrogen-bond acceptors (Lipinski definition) is 2. The first-order valence-corrected chi connectivity index (χ1v) is 5.36. The van der Waals surface area contributed by atoms with E-state index in [0.717, 1.165) is 19.5 Å². The molecule has 0 aliphatic rings. The Morgan fingerprint density at radius 2 is 2.20 bits per heavy atom. The zero-order valence-corrected chi connectivity index (χ0v) is 9.42. The summed E-state index contributed by atoms with van der Waals surface area (Å²) < 4.78 is 1.81. The molecule has 1 heterocycles. The minimum Gasteiger partial charge on any atom is -0.349 e. The minimum absolute atomic E-state index is 0.0131. The van der Waals surface area contributed by atoms with E-state index in [0.29, 0.717) is 12.2 Å². The van der Waals surface area contributed by atoms with Crippen molar-refractivity contribution in [1.82, 2.24) is 15.2 Å². The van der Waals surface area contributed by atoms with Crippen molar-refractivity contribution < 1.29 is 4.79 Å². The van der Waals surface area contributed by atoms with Crippen LogP contribution in [0.15, 0.2) is 18.3 Å².